The summed E-state index contributed by atoms with van der Waals surface area (Å²) in [5.74, 6) is 1.11. The number of hydrogen-bond acceptors (Lipinski definition) is 4. The molecule has 2 rings (SSSR count). The van der Waals surface area contributed by atoms with Gasteiger partial charge in [-0.1, -0.05) is 29.8 Å². The summed E-state index contributed by atoms with van der Waals surface area (Å²) in [6.45, 7) is 6.04. The van der Waals surface area contributed by atoms with Crippen molar-refractivity contribution in [3.05, 3.63) is 35.4 Å². The second kappa shape index (κ2) is 10.6. The van der Waals surface area contributed by atoms with Crippen LogP contribution in [0.25, 0.3) is 0 Å². The molecule has 1 heterocycles. The van der Waals surface area contributed by atoms with Crippen molar-refractivity contribution in [2.24, 2.45) is 10.9 Å². The highest BCUT2D eigenvalue weighted by atomic mass is 32.2. The molecule has 27 heavy (non-hydrogen) atoms. The fourth-order valence-electron chi connectivity index (χ4n) is 3.11. The average molecular weight is 397 g/mol. The molecule has 1 aromatic carbocycles. The summed E-state index contributed by atoms with van der Waals surface area (Å²) in [7, 11) is -1.45. The van der Waals surface area contributed by atoms with Gasteiger partial charge in [-0.3, -0.25) is 4.99 Å². The Bertz CT molecular complexity index is 704. The normalized spacial score (nSPS) is 21.1. The first kappa shape index (κ1) is 21.7. The highest BCUT2D eigenvalue weighted by Gasteiger charge is 2.27. The molecule has 1 aliphatic rings. The Labute approximate surface area is 163 Å². The van der Waals surface area contributed by atoms with E-state index in [-0.39, 0.29) is 11.9 Å². The topological polar surface area (TPSA) is 91.8 Å². The van der Waals surface area contributed by atoms with Gasteiger partial charge < -0.3 is 15.4 Å². The minimum atomic E-state index is -3.16. The molecule has 0 radical (unpaired) electrons. The van der Waals surface area contributed by atoms with E-state index in [1.54, 1.807) is 14.0 Å². The van der Waals surface area contributed by atoms with Crippen molar-refractivity contribution in [2.45, 2.75) is 32.8 Å². The lowest BCUT2D eigenvalue weighted by Gasteiger charge is -2.32. The van der Waals surface area contributed by atoms with Gasteiger partial charge in [-0.15, -0.1) is 0 Å². The van der Waals surface area contributed by atoms with Crippen LogP contribution < -0.4 is 15.4 Å². The van der Waals surface area contributed by atoms with Gasteiger partial charge in [-0.2, -0.15) is 0 Å². The first-order valence-electron chi connectivity index (χ1n) is 9.55. The van der Waals surface area contributed by atoms with E-state index in [9.17, 15) is 8.42 Å². The number of rotatable bonds is 8. The molecule has 0 saturated carbocycles. The molecule has 0 aromatic heterocycles. The predicted octanol–water partition coefficient (Wildman–Crippen LogP) is 1.57. The van der Waals surface area contributed by atoms with Crippen molar-refractivity contribution in [1.29, 1.82) is 0 Å². The van der Waals surface area contributed by atoms with Crippen LogP contribution in [0.4, 0.5) is 0 Å². The van der Waals surface area contributed by atoms with Crippen LogP contribution in [0.1, 0.15) is 37.0 Å². The van der Waals surface area contributed by atoms with Crippen LogP contribution in [0.15, 0.2) is 29.3 Å². The van der Waals surface area contributed by atoms with Crippen LogP contribution in [-0.4, -0.2) is 53.4 Å². The van der Waals surface area contributed by atoms with Crippen LogP contribution in [0, 0.1) is 12.8 Å². The Kier molecular flexibility index (Phi) is 8.53. The number of ether oxygens (including phenoxy) is 1. The minimum Gasteiger partial charge on any atom is -0.373 e. The maximum atomic E-state index is 11.4. The largest absolute Gasteiger partial charge is 0.373 e. The number of hydrogen-bond donors (Lipinski definition) is 3. The molecule has 2 atom stereocenters. The number of guanidine groups is 1. The van der Waals surface area contributed by atoms with E-state index in [2.05, 4.69) is 51.5 Å². The molecule has 2 unspecified atom stereocenters. The van der Waals surface area contributed by atoms with Crippen molar-refractivity contribution in [3.8, 4) is 0 Å². The summed E-state index contributed by atoms with van der Waals surface area (Å²) < 4.78 is 31.5. The standard InChI is InChI=1S/C19H32N4O3S/c1-4-27(24,25)23-12-11-21-19(20-3)22-14-17-6-5-13-26-18(17)16-9-7-15(2)8-10-16/h7-10,17-18,23H,4-6,11-14H2,1-3H3,(H2,20,21,22). The van der Waals surface area contributed by atoms with Crippen molar-refractivity contribution in [1.82, 2.24) is 15.4 Å². The van der Waals surface area contributed by atoms with Crippen LogP contribution in [0.2, 0.25) is 0 Å². The first-order chi connectivity index (χ1) is 12.9. The van der Waals surface area contributed by atoms with E-state index in [0.717, 1.165) is 26.0 Å². The van der Waals surface area contributed by atoms with Crippen LogP contribution in [0.3, 0.4) is 0 Å². The molecule has 0 spiro atoms. The van der Waals surface area contributed by atoms with Crippen molar-refractivity contribution in [3.63, 3.8) is 0 Å². The molecule has 3 N–H and O–H groups in total. The Morgan fingerprint density at radius 1 is 1.22 bits per heavy atom. The van der Waals surface area contributed by atoms with Gasteiger partial charge in [0.2, 0.25) is 10.0 Å². The zero-order valence-electron chi connectivity index (χ0n) is 16.5. The van der Waals surface area contributed by atoms with Crippen molar-refractivity contribution < 1.29 is 13.2 Å². The average Bonchev–Trinajstić information content (AvgIpc) is 2.68. The summed E-state index contributed by atoms with van der Waals surface area (Å²) in [4.78, 5) is 4.21. The van der Waals surface area contributed by atoms with Gasteiger partial charge in [0, 0.05) is 39.2 Å². The van der Waals surface area contributed by atoms with Crippen molar-refractivity contribution >= 4 is 16.0 Å². The predicted molar refractivity (Wildman–Crippen MR) is 109 cm³/mol. The summed E-state index contributed by atoms with van der Waals surface area (Å²) in [5, 5.41) is 6.48. The van der Waals surface area contributed by atoms with Gasteiger partial charge in [-0.25, -0.2) is 13.1 Å². The Hall–Kier alpha value is -1.64. The lowest BCUT2D eigenvalue weighted by atomic mass is 9.89. The number of aliphatic imine (C=N–C) groups is 1. The zero-order chi connectivity index (χ0) is 19.7. The van der Waals surface area contributed by atoms with Gasteiger partial charge in [0.15, 0.2) is 5.96 Å². The van der Waals surface area contributed by atoms with Gasteiger partial charge in [0.1, 0.15) is 0 Å². The van der Waals surface area contributed by atoms with Crippen molar-refractivity contribution in [2.75, 3.05) is 39.0 Å². The van der Waals surface area contributed by atoms with Crippen LogP contribution in [0.5, 0.6) is 0 Å². The summed E-state index contributed by atoms with van der Waals surface area (Å²) in [6.07, 6.45) is 2.24. The van der Waals surface area contributed by atoms with Gasteiger partial charge in [0.05, 0.1) is 11.9 Å². The number of nitrogens with one attached hydrogen (secondary N) is 3. The highest BCUT2D eigenvalue weighted by molar-refractivity contribution is 7.89. The van der Waals surface area contributed by atoms with Crippen LogP contribution >= 0.6 is 0 Å². The summed E-state index contributed by atoms with van der Waals surface area (Å²) >= 11 is 0. The van der Waals surface area contributed by atoms with E-state index < -0.39 is 10.0 Å². The third kappa shape index (κ3) is 7.12. The molecule has 1 aliphatic heterocycles. The van der Waals surface area contributed by atoms with E-state index in [1.807, 2.05) is 0 Å². The Balaban J connectivity index is 1.83. The van der Waals surface area contributed by atoms with Crippen LogP contribution in [-0.2, 0) is 14.8 Å². The molecule has 1 saturated heterocycles. The number of aryl methyl sites for hydroxylation is 1. The number of nitrogens with zero attached hydrogens (tertiary/aromatic N) is 1. The maximum absolute atomic E-state index is 11.4. The fourth-order valence-corrected chi connectivity index (χ4v) is 3.73. The Morgan fingerprint density at radius 3 is 2.63 bits per heavy atom. The van der Waals surface area contributed by atoms with Gasteiger partial charge in [-0.05, 0) is 32.3 Å². The molecular formula is C19H32N4O3S. The number of benzene rings is 1. The summed E-state index contributed by atoms with van der Waals surface area (Å²) in [6, 6.07) is 8.53. The molecule has 8 heteroatoms. The van der Waals surface area contributed by atoms with E-state index in [1.165, 1.54) is 11.1 Å². The molecule has 0 amide bonds. The lowest BCUT2D eigenvalue weighted by molar-refractivity contribution is -0.0265. The van der Waals surface area contributed by atoms with E-state index >= 15 is 0 Å². The third-order valence-electron chi connectivity index (χ3n) is 4.73. The lowest BCUT2D eigenvalue weighted by Crippen LogP contribution is -2.44. The third-order valence-corrected chi connectivity index (χ3v) is 6.13. The second-order valence-corrected chi connectivity index (χ2v) is 8.88. The molecule has 1 fully saturated rings. The molecular weight excluding hydrogens is 364 g/mol. The SMILES string of the molecule is CCS(=O)(=O)NCCNC(=NC)NCC1CCCOC1c1ccc(C)cc1. The minimum absolute atomic E-state index is 0.0846. The molecule has 7 nitrogen and oxygen atoms in total. The quantitative estimate of drug-likeness (QED) is 0.352. The summed E-state index contributed by atoms with van der Waals surface area (Å²) in [5.41, 5.74) is 2.46. The zero-order valence-corrected chi connectivity index (χ0v) is 17.3. The monoisotopic (exact) mass is 396 g/mol. The molecule has 0 aliphatic carbocycles. The van der Waals surface area contributed by atoms with E-state index in [0.29, 0.717) is 25.0 Å². The Morgan fingerprint density at radius 2 is 1.96 bits per heavy atom. The highest BCUT2D eigenvalue weighted by Crippen LogP contribution is 2.33. The molecule has 1 aromatic rings. The molecule has 152 valence electrons. The fraction of sp³-hybridized carbons (Fsp3) is 0.632. The second-order valence-electron chi connectivity index (χ2n) is 6.78. The number of sulfonamides is 1. The first-order valence-corrected chi connectivity index (χ1v) is 11.2. The van der Waals surface area contributed by atoms with E-state index in [4.69, 9.17) is 4.74 Å². The van der Waals surface area contributed by atoms with Gasteiger partial charge >= 0.3 is 0 Å². The van der Waals surface area contributed by atoms with Gasteiger partial charge in [0.25, 0.3) is 0 Å². The molecule has 0 bridgehead atoms. The maximum Gasteiger partial charge on any atom is 0.211 e. The smallest absolute Gasteiger partial charge is 0.211 e.